The minimum atomic E-state index is -1.01. The van der Waals surface area contributed by atoms with Crippen molar-refractivity contribution in [2.24, 2.45) is 5.73 Å². The Morgan fingerprint density at radius 1 is 1.14 bits per heavy atom. The van der Waals surface area contributed by atoms with Crippen LogP contribution in [-0.2, 0) is 17.3 Å². The molecule has 0 aliphatic rings. The summed E-state index contributed by atoms with van der Waals surface area (Å²) in [6, 6.07) is 15.3. The van der Waals surface area contributed by atoms with Crippen LogP contribution in [0.3, 0.4) is 0 Å². The fraction of sp³-hybridized carbons (Fsp3) is 0.250. The number of hydrogen-bond donors (Lipinski definition) is 1. The highest BCUT2D eigenvalue weighted by atomic mass is 79.9. The van der Waals surface area contributed by atoms with Gasteiger partial charge in [-0.15, -0.1) is 0 Å². The van der Waals surface area contributed by atoms with Crippen molar-refractivity contribution in [2.45, 2.75) is 17.9 Å². The van der Waals surface area contributed by atoms with Crippen LogP contribution >= 0.6 is 15.9 Å². The van der Waals surface area contributed by atoms with Gasteiger partial charge < -0.3 is 10.5 Å². The lowest BCUT2D eigenvalue weighted by atomic mass is 10.2. The topological polar surface area (TPSA) is 52.3 Å². The molecule has 0 bridgehead atoms. The first-order valence-corrected chi connectivity index (χ1v) is 8.86. The summed E-state index contributed by atoms with van der Waals surface area (Å²) in [6.45, 7) is 1.05. The van der Waals surface area contributed by atoms with E-state index in [2.05, 4.69) is 15.9 Å². The van der Waals surface area contributed by atoms with Gasteiger partial charge in [-0.05, 0) is 52.2 Å². The maximum Gasteiger partial charge on any atom is 0.119 e. The molecule has 1 unspecified atom stereocenters. The molecule has 0 heterocycles. The van der Waals surface area contributed by atoms with Gasteiger partial charge in [-0.25, -0.2) is 0 Å². The van der Waals surface area contributed by atoms with Gasteiger partial charge in [0.05, 0.1) is 22.3 Å². The van der Waals surface area contributed by atoms with Gasteiger partial charge in [-0.2, -0.15) is 0 Å². The van der Waals surface area contributed by atoms with E-state index in [1.165, 1.54) is 0 Å². The third kappa shape index (κ3) is 4.95. The molecule has 1 atom stereocenters. The number of nitrogens with two attached hydrogens (primary N) is 1. The van der Waals surface area contributed by atoms with E-state index in [0.29, 0.717) is 18.9 Å². The zero-order valence-electron chi connectivity index (χ0n) is 11.6. The Morgan fingerprint density at radius 3 is 2.71 bits per heavy atom. The number of hydrogen-bond acceptors (Lipinski definition) is 3. The molecule has 21 heavy (non-hydrogen) atoms. The molecule has 0 fully saturated rings. The van der Waals surface area contributed by atoms with Crippen LogP contribution in [0.1, 0.15) is 12.0 Å². The Balaban J connectivity index is 1.79. The molecular formula is C16H18BrNO2S. The van der Waals surface area contributed by atoms with Crippen molar-refractivity contribution in [3.05, 3.63) is 58.6 Å². The highest BCUT2D eigenvalue weighted by Crippen LogP contribution is 2.20. The summed E-state index contributed by atoms with van der Waals surface area (Å²) in [6.07, 6.45) is 0.737. The van der Waals surface area contributed by atoms with Crippen molar-refractivity contribution in [1.29, 1.82) is 0 Å². The third-order valence-corrected chi connectivity index (χ3v) is 5.42. The smallest absolute Gasteiger partial charge is 0.119 e. The molecule has 2 aromatic rings. The van der Waals surface area contributed by atoms with Gasteiger partial charge in [0.25, 0.3) is 0 Å². The van der Waals surface area contributed by atoms with Crippen LogP contribution in [-0.4, -0.2) is 16.6 Å². The summed E-state index contributed by atoms with van der Waals surface area (Å²) in [5.74, 6) is 1.39. The molecule has 0 radical (unpaired) electrons. The van der Waals surface area contributed by atoms with Crippen LogP contribution in [0.4, 0.5) is 0 Å². The number of rotatable bonds is 7. The fourth-order valence-corrected chi connectivity index (χ4v) is 3.82. The van der Waals surface area contributed by atoms with Crippen LogP contribution in [0.2, 0.25) is 0 Å². The highest BCUT2D eigenvalue weighted by molar-refractivity contribution is 9.10. The van der Waals surface area contributed by atoms with Gasteiger partial charge >= 0.3 is 0 Å². The van der Waals surface area contributed by atoms with Crippen molar-refractivity contribution in [3.8, 4) is 5.75 Å². The molecule has 3 nitrogen and oxygen atoms in total. The van der Waals surface area contributed by atoms with Crippen molar-refractivity contribution in [2.75, 3.05) is 12.4 Å². The molecule has 2 rings (SSSR count). The molecule has 5 heteroatoms. The predicted molar refractivity (Wildman–Crippen MR) is 89.9 cm³/mol. The molecule has 0 aromatic heterocycles. The van der Waals surface area contributed by atoms with E-state index >= 15 is 0 Å². The number of halogens is 1. The summed E-state index contributed by atoms with van der Waals surface area (Å²) < 4.78 is 18.7. The third-order valence-electron chi connectivity index (χ3n) is 2.96. The second kappa shape index (κ2) is 8.32. The molecule has 112 valence electrons. The van der Waals surface area contributed by atoms with Crippen molar-refractivity contribution < 1.29 is 8.95 Å². The van der Waals surface area contributed by atoms with Gasteiger partial charge in [-0.1, -0.05) is 24.3 Å². The average Bonchev–Trinajstić information content (AvgIpc) is 2.52. The largest absolute Gasteiger partial charge is 0.494 e. The summed E-state index contributed by atoms with van der Waals surface area (Å²) in [4.78, 5) is 0.836. The molecule has 0 spiro atoms. The van der Waals surface area contributed by atoms with E-state index in [-0.39, 0.29) is 0 Å². The summed E-state index contributed by atoms with van der Waals surface area (Å²) in [5, 5.41) is 0. The minimum absolute atomic E-state index is 0.503. The number of benzene rings is 2. The van der Waals surface area contributed by atoms with Gasteiger partial charge in [0, 0.05) is 16.8 Å². The van der Waals surface area contributed by atoms with E-state index in [0.717, 1.165) is 27.1 Å². The van der Waals surface area contributed by atoms with Crippen LogP contribution in [0, 0.1) is 0 Å². The van der Waals surface area contributed by atoms with Crippen LogP contribution < -0.4 is 10.5 Å². The van der Waals surface area contributed by atoms with Crippen LogP contribution in [0.5, 0.6) is 5.75 Å². The first-order valence-electron chi connectivity index (χ1n) is 6.75. The quantitative estimate of drug-likeness (QED) is 0.762. The Hall–Kier alpha value is -1.17. The summed E-state index contributed by atoms with van der Waals surface area (Å²) >= 11 is 3.42. The van der Waals surface area contributed by atoms with E-state index < -0.39 is 10.8 Å². The Bertz CT molecular complexity index is 619. The Labute approximate surface area is 136 Å². The normalized spacial score (nSPS) is 12.1. The maximum atomic E-state index is 12.2. The Kier molecular flexibility index (Phi) is 6.42. The van der Waals surface area contributed by atoms with Crippen molar-refractivity contribution in [3.63, 3.8) is 0 Å². The Morgan fingerprint density at radius 2 is 1.95 bits per heavy atom. The molecule has 0 saturated carbocycles. The van der Waals surface area contributed by atoms with E-state index in [1.54, 1.807) is 0 Å². The molecule has 2 N–H and O–H groups in total. The lowest BCUT2D eigenvalue weighted by Gasteiger charge is -2.08. The maximum absolute atomic E-state index is 12.2. The summed E-state index contributed by atoms with van der Waals surface area (Å²) in [7, 11) is -1.01. The van der Waals surface area contributed by atoms with Crippen LogP contribution in [0.15, 0.2) is 57.9 Å². The predicted octanol–water partition coefficient (Wildman–Crippen LogP) is 3.48. The van der Waals surface area contributed by atoms with Gasteiger partial charge in [0.2, 0.25) is 0 Å². The van der Waals surface area contributed by atoms with E-state index in [1.807, 2.05) is 48.5 Å². The lowest BCUT2D eigenvalue weighted by molar-refractivity contribution is 0.318. The van der Waals surface area contributed by atoms with E-state index in [4.69, 9.17) is 10.5 Å². The molecule has 0 saturated heterocycles. The molecular weight excluding hydrogens is 350 g/mol. The van der Waals surface area contributed by atoms with Crippen molar-refractivity contribution >= 4 is 26.7 Å². The van der Waals surface area contributed by atoms with Crippen LogP contribution in [0.25, 0.3) is 0 Å². The minimum Gasteiger partial charge on any atom is -0.494 e. The van der Waals surface area contributed by atoms with E-state index in [9.17, 15) is 4.21 Å². The second-order valence-corrected chi connectivity index (χ2v) is 6.93. The molecule has 2 aromatic carbocycles. The monoisotopic (exact) mass is 367 g/mol. The van der Waals surface area contributed by atoms with Crippen molar-refractivity contribution in [1.82, 2.24) is 0 Å². The number of ether oxygens (including phenoxy) is 1. The first kappa shape index (κ1) is 16.2. The zero-order chi connectivity index (χ0) is 15.1. The van der Waals surface area contributed by atoms with Gasteiger partial charge in [0.1, 0.15) is 5.75 Å². The standard InChI is InChI=1S/C16H18BrNO2S/c17-15-7-1-2-8-16(15)21(19)10-4-9-20-14-6-3-5-13(11-14)12-18/h1-3,5-8,11H,4,9-10,12,18H2. The van der Waals surface area contributed by atoms with Gasteiger partial charge in [0.15, 0.2) is 0 Å². The average molecular weight is 368 g/mol. The first-order chi connectivity index (χ1) is 10.2. The SMILES string of the molecule is NCc1cccc(OCCCS(=O)c2ccccc2Br)c1. The molecule has 0 amide bonds. The van der Waals surface area contributed by atoms with Gasteiger partial charge in [-0.3, -0.25) is 4.21 Å². The zero-order valence-corrected chi connectivity index (χ0v) is 14.0. The molecule has 0 aliphatic heterocycles. The summed E-state index contributed by atoms with van der Waals surface area (Å²) in [5.41, 5.74) is 6.64. The highest BCUT2D eigenvalue weighted by Gasteiger charge is 2.07. The molecule has 0 aliphatic carbocycles. The fourth-order valence-electron chi connectivity index (χ4n) is 1.88. The second-order valence-electron chi connectivity index (χ2n) is 4.53. The lowest BCUT2D eigenvalue weighted by Crippen LogP contribution is -2.06.